The monoisotopic (exact) mass is 298 g/mol. The van der Waals surface area contributed by atoms with E-state index in [1.165, 1.54) is 23.9 Å². The van der Waals surface area contributed by atoms with Crippen LogP contribution in [0.4, 0.5) is 0 Å². The van der Waals surface area contributed by atoms with Gasteiger partial charge in [-0.3, -0.25) is 4.79 Å². The van der Waals surface area contributed by atoms with Crippen molar-refractivity contribution in [1.82, 2.24) is 5.43 Å². The van der Waals surface area contributed by atoms with Gasteiger partial charge in [-0.2, -0.15) is 5.10 Å². The predicted octanol–water partition coefficient (Wildman–Crippen LogP) is 2.99. The van der Waals surface area contributed by atoms with Crippen molar-refractivity contribution in [1.29, 1.82) is 0 Å². The van der Waals surface area contributed by atoms with Gasteiger partial charge in [0.2, 0.25) is 0 Å². The van der Waals surface area contributed by atoms with Crippen molar-refractivity contribution < 1.29 is 15.0 Å². The van der Waals surface area contributed by atoms with Gasteiger partial charge in [-0.15, -0.1) is 0 Å². The fraction of sp³-hybridized carbons (Fsp3) is 0.176. The Morgan fingerprint density at radius 3 is 2.41 bits per heavy atom. The molecule has 2 rings (SSSR count). The van der Waals surface area contributed by atoms with Crippen LogP contribution in [-0.4, -0.2) is 22.3 Å². The molecule has 0 aliphatic rings. The molecule has 0 unspecified atom stereocenters. The van der Waals surface area contributed by atoms with E-state index in [1.807, 2.05) is 24.3 Å². The molecule has 0 aliphatic heterocycles. The van der Waals surface area contributed by atoms with Crippen molar-refractivity contribution in [2.45, 2.75) is 19.8 Å². The number of aromatic hydroxyl groups is 2. The van der Waals surface area contributed by atoms with Crippen LogP contribution in [-0.2, 0) is 0 Å². The standard InChI is InChI=1S/C17H18N2O3/c1-11(2)13-5-3-12(4-6-13)10-18-19-17(22)15-8-7-14(20)9-16(15)21/h3-11,20-21H,1-2H3,(H,19,22)/b18-10+. The summed E-state index contributed by atoms with van der Waals surface area (Å²) in [5, 5.41) is 22.6. The van der Waals surface area contributed by atoms with E-state index in [0.717, 1.165) is 11.6 Å². The third-order valence-electron chi connectivity index (χ3n) is 3.21. The van der Waals surface area contributed by atoms with Crippen LogP contribution < -0.4 is 5.43 Å². The molecule has 114 valence electrons. The van der Waals surface area contributed by atoms with E-state index in [0.29, 0.717) is 5.92 Å². The lowest BCUT2D eigenvalue weighted by molar-refractivity contribution is 0.0952. The van der Waals surface area contributed by atoms with Gasteiger partial charge >= 0.3 is 0 Å². The number of hydrazone groups is 1. The van der Waals surface area contributed by atoms with Crippen LogP contribution >= 0.6 is 0 Å². The minimum Gasteiger partial charge on any atom is -0.508 e. The third kappa shape index (κ3) is 3.85. The van der Waals surface area contributed by atoms with Crippen LogP contribution in [0.1, 0.15) is 41.3 Å². The van der Waals surface area contributed by atoms with E-state index in [4.69, 9.17) is 0 Å². The van der Waals surface area contributed by atoms with Crippen LogP contribution in [0.3, 0.4) is 0 Å². The molecular formula is C17H18N2O3. The summed E-state index contributed by atoms with van der Waals surface area (Å²) in [6.07, 6.45) is 1.53. The SMILES string of the molecule is CC(C)c1ccc(/C=N/NC(=O)c2ccc(O)cc2O)cc1. The van der Waals surface area contributed by atoms with E-state index in [-0.39, 0.29) is 17.1 Å². The molecule has 0 aliphatic carbocycles. The Kier molecular flexibility index (Phi) is 4.78. The Labute approximate surface area is 128 Å². The molecule has 3 N–H and O–H groups in total. The number of rotatable bonds is 4. The Morgan fingerprint density at radius 2 is 1.82 bits per heavy atom. The van der Waals surface area contributed by atoms with Crippen molar-refractivity contribution in [3.05, 3.63) is 59.2 Å². The average molecular weight is 298 g/mol. The fourth-order valence-corrected chi connectivity index (χ4v) is 1.90. The van der Waals surface area contributed by atoms with Gasteiger partial charge in [0.15, 0.2) is 0 Å². The zero-order valence-electron chi connectivity index (χ0n) is 12.4. The van der Waals surface area contributed by atoms with Crippen LogP contribution in [0.5, 0.6) is 11.5 Å². The van der Waals surface area contributed by atoms with Gasteiger partial charge in [-0.1, -0.05) is 38.1 Å². The number of phenolic OH excluding ortho intramolecular Hbond substituents is 2. The maximum atomic E-state index is 11.8. The molecule has 0 fully saturated rings. The first-order chi connectivity index (χ1) is 10.5. The summed E-state index contributed by atoms with van der Waals surface area (Å²) in [4.78, 5) is 11.8. The number of phenols is 2. The summed E-state index contributed by atoms with van der Waals surface area (Å²) in [5.41, 5.74) is 4.47. The Morgan fingerprint density at radius 1 is 1.14 bits per heavy atom. The second-order valence-electron chi connectivity index (χ2n) is 5.22. The quantitative estimate of drug-likeness (QED) is 0.599. The molecule has 5 nitrogen and oxygen atoms in total. The number of amides is 1. The Bertz CT molecular complexity index is 692. The zero-order valence-corrected chi connectivity index (χ0v) is 12.4. The lowest BCUT2D eigenvalue weighted by atomic mass is 10.0. The number of carbonyl (C=O) groups is 1. The highest BCUT2D eigenvalue weighted by atomic mass is 16.3. The van der Waals surface area contributed by atoms with E-state index in [9.17, 15) is 15.0 Å². The summed E-state index contributed by atoms with van der Waals surface area (Å²) in [5.74, 6) is -0.493. The van der Waals surface area contributed by atoms with Crippen molar-refractivity contribution in [2.24, 2.45) is 5.10 Å². The van der Waals surface area contributed by atoms with Crippen LogP contribution in [0.15, 0.2) is 47.6 Å². The van der Waals surface area contributed by atoms with Crippen molar-refractivity contribution >= 4 is 12.1 Å². The molecule has 0 aromatic heterocycles. The lowest BCUT2D eigenvalue weighted by Gasteiger charge is -2.05. The number of hydrogen-bond acceptors (Lipinski definition) is 4. The molecule has 0 radical (unpaired) electrons. The van der Waals surface area contributed by atoms with Gasteiger partial charge < -0.3 is 10.2 Å². The molecule has 5 heteroatoms. The molecule has 0 atom stereocenters. The van der Waals surface area contributed by atoms with Crippen molar-refractivity contribution in [2.75, 3.05) is 0 Å². The molecule has 0 bridgehead atoms. The molecule has 0 heterocycles. The first-order valence-electron chi connectivity index (χ1n) is 6.92. The normalized spacial score (nSPS) is 11.0. The topological polar surface area (TPSA) is 81.9 Å². The third-order valence-corrected chi connectivity index (χ3v) is 3.21. The molecule has 2 aromatic rings. The van der Waals surface area contributed by atoms with Gasteiger partial charge in [0.1, 0.15) is 11.5 Å². The average Bonchev–Trinajstić information content (AvgIpc) is 2.47. The second kappa shape index (κ2) is 6.76. The molecule has 2 aromatic carbocycles. The Balaban J connectivity index is 2.01. The smallest absolute Gasteiger partial charge is 0.275 e. The van der Waals surface area contributed by atoms with Crippen molar-refractivity contribution in [3.63, 3.8) is 0 Å². The predicted molar refractivity (Wildman–Crippen MR) is 85.4 cm³/mol. The number of hydrogen-bond donors (Lipinski definition) is 3. The van der Waals surface area contributed by atoms with Crippen molar-refractivity contribution in [3.8, 4) is 11.5 Å². The lowest BCUT2D eigenvalue weighted by Crippen LogP contribution is -2.17. The van der Waals surface area contributed by atoms with Crippen LogP contribution in [0.2, 0.25) is 0 Å². The van der Waals surface area contributed by atoms with E-state index in [1.54, 1.807) is 0 Å². The maximum absolute atomic E-state index is 11.8. The first kappa shape index (κ1) is 15.6. The second-order valence-corrected chi connectivity index (χ2v) is 5.22. The minimum absolute atomic E-state index is 0.0464. The van der Waals surface area contributed by atoms with E-state index in [2.05, 4.69) is 24.4 Å². The molecular weight excluding hydrogens is 280 g/mol. The summed E-state index contributed by atoms with van der Waals surface area (Å²) >= 11 is 0. The Hall–Kier alpha value is -2.82. The number of benzene rings is 2. The van der Waals surface area contributed by atoms with E-state index >= 15 is 0 Å². The zero-order chi connectivity index (χ0) is 16.1. The van der Waals surface area contributed by atoms with Gasteiger partial charge in [0, 0.05) is 6.07 Å². The van der Waals surface area contributed by atoms with Crippen LogP contribution in [0, 0.1) is 0 Å². The number of nitrogens with one attached hydrogen (secondary N) is 1. The summed E-state index contributed by atoms with van der Waals surface area (Å²) in [6.45, 7) is 4.24. The summed E-state index contributed by atoms with van der Waals surface area (Å²) in [6, 6.07) is 11.6. The summed E-state index contributed by atoms with van der Waals surface area (Å²) < 4.78 is 0. The molecule has 0 saturated carbocycles. The maximum Gasteiger partial charge on any atom is 0.275 e. The largest absolute Gasteiger partial charge is 0.508 e. The highest BCUT2D eigenvalue weighted by Crippen LogP contribution is 2.22. The van der Waals surface area contributed by atoms with Gasteiger partial charge in [-0.25, -0.2) is 5.43 Å². The van der Waals surface area contributed by atoms with E-state index < -0.39 is 5.91 Å². The highest BCUT2D eigenvalue weighted by Gasteiger charge is 2.10. The van der Waals surface area contributed by atoms with Crippen LogP contribution in [0.25, 0.3) is 0 Å². The first-order valence-corrected chi connectivity index (χ1v) is 6.92. The number of nitrogens with zero attached hydrogens (tertiary/aromatic N) is 1. The van der Waals surface area contributed by atoms with Gasteiger partial charge in [-0.05, 0) is 29.2 Å². The highest BCUT2D eigenvalue weighted by molar-refractivity contribution is 5.97. The summed E-state index contributed by atoms with van der Waals surface area (Å²) in [7, 11) is 0. The fourth-order valence-electron chi connectivity index (χ4n) is 1.90. The molecule has 0 spiro atoms. The molecule has 0 saturated heterocycles. The van der Waals surface area contributed by atoms with Gasteiger partial charge in [0.05, 0.1) is 11.8 Å². The van der Waals surface area contributed by atoms with Gasteiger partial charge in [0.25, 0.3) is 5.91 Å². The molecule has 22 heavy (non-hydrogen) atoms. The molecule has 1 amide bonds. The number of carbonyl (C=O) groups excluding carboxylic acids is 1. The minimum atomic E-state index is -0.549.